The van der Waals surface area contributed by atoms with Gasteiger partial charge in [-0.25, -0.2) is 4.98 Å². The average molecular weight is 370 g/mol. The highest BCUT2D eigenvalue weighted by Gasteiger charge is 2.33. The van der Waals surface area contributed by atoms with Gasteiger partial charge in [0.25, 0.3) is 0 Å². The minimum Gasteiger partial charge on any atom is -0.394 e. The van der Waals surface area contributed by atoms with E-state index < -0.39 is 31.0 Å². The number of hydrogen-bond donors (Lipinski definition) is 6. The minimum atomic E-state index is -1.75. The van der Waals surface area contributed by atoms with Crippen LogP contribution in [0.5, 0.6) is 0 Å². The van der Waals surface area contributed by atoms with Crippen LogP contribution < -0.4 is 0 Å². The lowest BCUT2D eigenvalue weighted by atomic mass is 10.0. The van der Waals surface area contributed by atoms with E-state index in [4.69, 9.17) is 5.11 Å². The number of aromatic amines is 1. The number of nitrogens with one attached hydrogen (secondary N) is 1. The van der Waals surface area contributed by atoms with E-state index in [2.05, 4.69) is 19.9 Å². The van der Waals surface area contributed by atoms with Crippen LogP contribution >= 0.6 is 0 Å². The van der Waals surface area contributed by atoms with Crippen LogP contribution in [0.15, 0.2) is 36.7 Å². The van der Waals surface area contributed by atoms with Crippen molar-refractivity contribution in [1.29, 1.82) is 0 Å². The first-order valence-corrected chi connectivity index (χ1v) is 8.37. The van der Waals surface area contributed by atoms with Gasteiger partial charge in [-0.1, -0.05) is 0 Å². The molecule has 4 rings (SSSR count). The van der Waals surface area contributed by atoms with Gasteiger partial charge in [-0.3, -0.25) is 9.97 Å². The van der Waals surface area contributed by atoms with Gasteiger partial charge in [0, 0.05) is 23.2 Å². The molecule has 3 aromatic heterocycles. The number of hydrogen-bond acceptors (Lipinski definition) is 8. The number of benzene rings is 1. The number of pyridine rings is 2. The third-order valence-corrected chi connectivity index (χ3v) is 4.62. The Bertz CT molecular complexity index is 1040. The first kappa shape index (κ1) is 17.7. The van der Waals surface area contributed by atoms with Crippen LogP contribution in [0.3, 0.4) is 0 Å². The summed E-state index contributed by atoms with van der Waals surface area (Å²) in [6, 6.07) is 7.20. The largest absolute Gasteiger partial charge is 0.394 e. The highest BCUT2D eigenvalue weighted by Crippen LogP contribution is 2.32. The molecule has 27 heavy (non-hydrogen) atoms. The fourth-order valence-electron chi connectivity index (χ4n) is 3.19. The molecule has 0 spiro atoms. The topological polar surface area (TPSA) is 156 Å². The minimum absolute atomic E-state index is 0.0168. The van der Waals surface area contributed by atoms with Crippen molar-refractivity contribution in [3.8, 4) is 0 Å². The summed E-state index contributed by atoms with van der Waals surface area (Å²) in [5, 5.41) is 50.3. The molecule has 0 radical (unpaired) electrons. The number of imidazole rings is 1. The lowest BCUT2D eigenvalue weighted by molar-refractivity contribution is -0.117. The molecule has 9 heteroatoms. The number of rotatable bonds is 5. The van der Waals surface area contributed by atoms with Crippen molar-refractivity contribution in [2.45, 2.75) is 24.4 Å². The molecule has 0 saturated carbocycles. The van der Waals surface area contributed by atoms with Gasteiger partial charge in [-0.05, 0) is 24.3 Å². The van der Waals surface area contributed by atoms with Gasteiger partial charge in [0.1, 0.15) is 30.2 Å². The van der Waals surface area contributed by atoms with Crippen molar-refractivity contribution in [3.63, 3.8) is 0 Å². The van der Waals surface area contributed by atoms with E-state index in [0.717, 1.165) is 10.8 Å². The van der Waals surface area contributed by atoms with Crippen LogP contribution in [0.1, 0.15) is 11.9 Å². The van der Waals surface area contributed by atoms with Crippen LogP contribution in [-0.2, 0) is 0 Å². The molecule has 140 valence electrons. The summed E-state index contributed by atoms with van der Waals surface area (Å²) >= 11 is 0. The van der Waals surface area contributed by atoms with E-state index in [9.17, 15) is 20.4 Å². The summed E-state index contributed by atoms with van der Waals surface area (Å²) in [5.74, 6) is 0.0168. The smallest absolute Gasteiger partial charge is 0.140 e. The number of fused-ring (bicyclic) bond motifs is 6. The van der Waals surface area contributed by atoms with Gasteiger partial charge < -0.3 is 30.5 Å². The fraction of sp³-hybridized carbons (Fsp3) is 0.278. The van der Waals surface area contributed by atoms with Crippen LogP contribution in [0.25, 0.3) is 32.8 Å². The number of aliphatic hydroxyl groups excluding tert-OH is 5. The Hall–Kier alpha value is -2.69. The summed E-state index contributed by atoms with van der Waals surface area (Å²) < 4.78 is 0. The number of aromatic nitrogens is 4. The van der Waals surface area contributed by atoms with E-state index in [1.807, 2.05) is 12.1 Å². The van der Waals surface area contributed by atoms with E-state index in [-0.39, 0.29) is 5.82 Å². The Labute approximate surface area is 152 Å². The van der Waals surface area contributed by atoms with Crippen molar-refractivity contribution in [2.24, 2.45) is 0 Å². The summed E-state index contributed by atoms with van der Waals surface area (Å²) in [7, 11) is 0. The number of nitrogens with zero attached hydrogens (tertiary/aromatic N) is 3. The van der Waals surface area contributed by atoms with Crippen molar-refractivity contribution in [3.05, 3.63) is 42.5 Å². The van der Waals surface area contributed by atoms with Gasteiger partial charge in [0.2, 0.25) is 0 Å². The van der Waals surface area contributed by atoms with Crippen molar-refractivity contribution in [2.75, 3.05) is 6.61 Å². The van der Waals surface area contributed by atoms with Gasteiger partial charge in [0.15, 0.2) is 0 Å². The molecule has 4 aromatic rings. The Kier molecular flexibility index (Phi) is 4.46. The summed E-state index contributed by atoms with van der Waals surface area (Å²) in [6.45, 7) is -0.752. The molecule has 0 fully saturated rings. The summed E-state index contributed by atoms with van der Waals surface area (Å²) in [6.07, 6.45) is -3.37. The first-order chi connectivity index (χ1) is 13.0. The molecule has 0 aliphatic rings. The van der Waals surface area contributed by atoms with E-state index in [1.54, 1.807) is 24.5 Å². The predicted octanol–water partition coefficient (Wildman–Crippen LogP) is -0.232. The van der Waals surface area contributed by atoms with Crippen molar-refractivity contribution < 1.29 is 25.5 Å². The molecular formula is C18H18N4O5. The first-order valence-electron chi connectivity index (χ1n) is 8.37. The van der Waals surface area contributed by atoms with Gasteiger partial charge >= 0.3 is 0 Å². The highest BCUT2D eigenvalue weighted by molar-refractivity contribution is 6.20. The van der Waals surface area contributed by atoms with Gasteiger partial charge in [-0.2, -0.15) is 0 Å². The van der Waals surface area contributed by atoms with E-state index in [1.165, 1.54) is 0 Å². The zero-order chi connectivity index (χ0) is 19.1. The maximum atomic E-state index is 10.4. The third-order valence-electron chi connectivity index (χ3n) is 4.62. The van der Waals surface area contributed by atoms with Crippen LogP contribution in [0, 0.1) is 0 Å². The number of H-pyrrole nitrogens is 1. The second-order valence-corrected chi connectivity index (χ2v) is 6.32. The van der Waals surface area contributed by atoms with Crippen LogP contribution in [0.2, 0.25) is 0 Å². The Morgan fingerprint density at radius 3 is 2.15 bits per heavy atom. The predicted molar refractivity (Wildman–Crippen MR) is 96.8 cm³/mol. The third kappa shape index (κ3) is 2.82. The molecule has 4 atom stereocenters. The van der Waals surface area contributed by atoms with Crippen LogP contribution in [-0.4, -0.2) is 70.4 Å². The maximum absolute atomic E-state index is 10.4. The molecular weight excluding hydrogens is 352 g/mol. The maximum Gasteiger partial charge on any atom is 0.140 e. The Balaban J connectivity index is 1.90. The van der Waals surface area contributed by atoms with Gasteiger partial charge in [-0.15, -0.1) is 0 Å². The van der Waals surface area contributed by atoms with E-state index >= 15 is 0 Å². The zero-order valence-electron chi connectivity index (χ0n) is 14.1. The quantitative estimate of drug-likeness (QED) is 0.263. The lowest BCUT2D eigenvalue weighted by Crippen LogP contribution is -2.42. The van der Waals surface area contributed by atoms with Gasteiger partial charge in [0.05, 0.1) is 28.7 Å². The van der Waals surface area contributed by atoms with E-state index in [0.29, 0.717) is 22.1 Å². The Morgan fingerprint density at radius 1 is 0.852 bits per heavy atom. The second-order valence-electron chi connectivity index (χ2n) is 6.32. The monoisotopic (exact) mass is 370 g/mol. The standard InChI is InChI=1S/C18H18N4O5/c23-7-10(24)15(25)16(26)17(27)18-21-13-8-3-1-5-19-11(8)12-9(14(13)22-18)4-2-6-20-12/h1-6,10,15-17,23-27H,7H2,(H,21,22)/t10-,15+,16+,17-/m1/s1. The lowest BCUT2D eigenvalue weighted by Gasteiger charge is -2.24. The van der Waals surface area contributed by atoms with Crippen molar-refractivity contribution >= 4 is 32.8 Å². The van der Waals surface area contributed by atoms with Crippen molar-refractivity contribution in [1.82, 2.24) is 19.9 Å². The molecule has 0 aliphatic carbocycles. The normalized spacial score (nSPS) is 16.6. The summed E-state index contributed by atoms with van der Waals surface area (Å²) in [5.41, 5.74) is 2.47. The molecule has 1 aromatic carbocycles. The molecule has 6 N–H and O–H groups in total. The number of aliphatic hydroxyl groups is 5. The molecule has 0 amide bonds. The zero-order valence-corrected chi connectivity index (χ0v) is 14.1. The highest BCUT2D eigenvalue weighted by atomic mass is 16.4. The molecule has 0 saturated heterocycles. The molecule has 0 bridgehead atoms. The second kappa shape index (κ2) is 6.80. The fourth-order valence-corrected chi connectivity index (χ4v) is 3.19. The molecule has 3 heterocycles. The molecule has 0 unspecified atom stereocenters. The SMILES string of the molecule is OC[C@@H](O)[C@H](O)[C@H](O)[C@@H](O)c1nc2c3cccnc3c3ncccc3c2[nH]1. The average Bonchev–Trinajstić information content (AvgIpc) is 3.17. The van der Waals surface area contributed by atoms with Crippen LogP contribution in [0.4, 0.5) is 0 Å². The molecule has 0 aliphatic heterocycles. The molecule has 9 nitrogen and oxygen atoms in total. The summed E-state index contributed by atoms with van der Waals surface area (Å²) in [4.78, 5) is 16.1. The Morgan fingerprint density at radius 2 is 1.48 bits per heavy atom.